The number of hydrogen-bond acceptors (Lipinski definition) is 2. The van der Waals surface area contributed by atoms with Gasteiger partial charge in [-0.3, -0.25) is 0 Å². The summed E-state index contributed by atoms with van der Waals surface area (Å²) in [6.07, 6.45) is 6.32. The van der Waals surface area contributed by atoms with E-state index in [9.17, 15) is 0 Å². The van der Waals surface area contributed by atoms with Crippen molar-refractivity contribution in [3.05, 3.63) is 29.3 Å². The number of hydrogen-bond donors (Lipinski definition) is 0. The van der Waals surface area contributed by atoms with Gasteiger partial charge in [-0.05, 0) is 51.9 Å². The fraction of sp³-hybridized carbons (Fsp3) is 0.647. The molecule has 3 rings (SSSR count). The lowest BCUT2D eigenvalue weighted by atomic mass is 9.73. The number of ether oxygens (including phenoxy) is 1. The maximum atomic E-state index is 6.48. The van der Waals surface area contributed by atoms with Gasteiger partial charge < -0.3 is 9.64 Å². The highest BCUT2D eigenvalue weighted by atomic mass is 16.5. The number of fused-ring (bicyclic) bond motifs is 1. The first-order chi connectivity index (χ1) is 9.09. The molecule has 1 fully saturated rings. The van der Waals surface area contributed by atoms with Crippen LogP contribution >= 0.6 is 0 Å². The summed E-state index contributed by atoms with van der Waals surface area (Å²) in [5.41, 5.74) is 2.85. The molecule has 1 heterocycles. The van der Waals surface area contributed by atoms with Crippen molar-refractivity contribution in [2.75, 3.05) is 20.6 Å². The monoisotopic (exact) mass is 259 g/mol. The maximum Gasteiger partial charge on any atom is 0.123 e. The minimum absolute atomic E-state index is 0.0820. The molecule has 1 aliphatic heterocycles. The molecule has 0 amide bonds. The van der Waals surface area contributed by atoms with Crippen molar-refractivity contribution >= 4 is 0 Å². The van der Waals surface area contributed by atoms with Crippen molar-refractivity contribution in [1.29, 1.82) is 0 Å². The Labute approximate surface area is 116 Å². The average Bonchev–Trinajstić information content (AvgIpc) is 2.70. The third kappa shape index (κ3) is 2.38. The van der Waals surface area contributed by atoms with Gasteiger partial charge in [0.15, 0.2) is 0 Å². The highest BCUT2D eigenvalue weighted by Crippen LogP contribution is 2.46. The molecule has 1 aromatic rings. The number of nitrogens with zero attached hydrogens (tertiary/aromatic N) is 1. The van der Waals surface area contributed by atoms with Crippen molar-refractivity contribution in [3.8, 4) is 5.75 Å². The molecular formula is C17H25NO. The molecule has 104 valence electrons. The smallest absolute Gasteiger partial charge is 0.123 e. The normalized spacial score (nSPS) is 29.6. The molecule has 1 saturated carbocycles. The fourth-order valence-corrected chi connectivity index (χ4v) is 3.87. The van der Waals surface area contributed by atoms with Crippen LogP contribution in [0.5, 0.6) is 5.75 Å². The molecule has 0 bridgehead atoms. The molecule has 2 heteroatoms. The standard InChI is InChI=1S/C17H25NO/c1-13-7-8-16-14(10-13)11-17(19-16)9-5-4-6-15(17)12-18(2)3/h7-8,10,15H,4-6,9,11-12H2,1-3H3/t15-,17+/m1/s1. The summed E-state index contributed by atoms with van der Waals surface area (Å²) < 4.78 is 6.48. The van der Waals surface area contributed by atoms with Gasteiger partial charge in [-0.25, -0.2) is 0 Å². The maximum absolute atomic E-state index is 6.48. The van der Waals surface area contributed by atoms with Crippen LogP contribution < -0.4 is 4.74 Å². The van der Waals surface area contributed by atoms with Gasteiger partial charge in [0.25, 0.3) is 0 Å². The Morgan fingerprint density at radius 3 is 2.95 bits per heavy atom. The average molecular weight is 259 g/mol. The van der Waals surface area contributed by atoms with Gasteiger partial charge in [0.2, 0.25) is 0 Å². The quantitative estimate of drug-likeness (QED) is 0.807. The third-order valence-corrected chi connectivity index (χ3v) is 4.75. The Morgan fingerprint density at radius 1 is 1.32 bits per heavy atom. The molecular weight excluding hydrogens is 234 g/mol. The second-order valence-corrected chi connectivity index (χ2v) is 6.66. The summed E-state index contributed by atoms with van der Waals surface area (Å²) in [5.74, 6) is 1.81. The van der Waals surface area contributed by atoms with Crippen LogP contribution in [-0.4, -0.2) is 31.1 Å². The zero-order valence-electron chi connectivity index (χ0n) is 12.4. The van der Waals surface area contributed by atoms with Gasteiger partial charge in [0.1, 0.15) is 11.4 Å². The predicted octanol–water partition coefficient (Wildman–Crippen LogP) is 3.42. The van der Waals surface area contributed by atoms with Crippen LogP contribution in [0, 0.1) is 12.8 Å². The first-order valence-electron chi connectivity index (χ1n) is 7.52. The molecule has 1 aliphatic carbocycles. The highest BCUT2D eigenvalue weighted by molar-refractivity contribution is 5.42. The van der Waals surface area contributed by atoms with Crippen LogP contribution in [0.2, 0.25) is 0 Å². The van der Waals surface area contributed by atoms with Crippen molar-refractivity contribution < 1.29 is 4.74 Å². The van der Waals surface area contributed by atoms with E-state index in [1.54, 1.807) is 0 Å². The van der Waals surface area contributed by atoms with Gasteiger partial charge in [0.05, 0.1) is 0 Å². The van der Waals surface area contributed by atoms with Gasteiger partial charge >= 0.3 is 0 Å². The molecule has 0 unspecified atom stereocenters. The Hall–Kier alpha value is -1.02. The van der Waals surface area contributed by atoms with Crippen molar-refractivity contribution in [3.63, 3.8) is 0 Å². The van der Waals surface area contributed by atoms with E-state index in [-0.39, 0.29) is 5.60 Å². The summed E-state index contributed by atoms with van der Waals surface area (Å²) in [6, 6.07) is 6.65. The lowest BCUT2D eigenvalue weighted by molar-refractivity contribution is -0.0150. The van der Waals surface area contributed by atoms with Crippen LogP contribution in [-0.2, 0) is 6.42 Å². The lowest BCUT2D eigenvalue weighted by Gasteiger charge is -2.41. The predicted molar refractivity (Wildman–Crippen MR) is 78.8 cm³/mol. The van der Waals surface area contributed by atoms with E-state index < -0.39 is 0 Å². The van der Waals surface area contributed by atoms with E-state index in [4.69, 9.17) is 4.74 Å². The summed E-state index contributed by atoms with van der Waals surface area (Å²) in [7, 11) is 4.35. The Balaban J connectivity index is 1.87. The van der Waals surface area contributed by atoms with Gasteiger partial charge in [0, 0.05) is 18.9 Å². The molecule has 2 aliphatic rings. The second-order valence-electron chi connectivity index (χ2n) is 6.66. The number of aryl methyl sites for hydroxylation is 1. The van der Waals surface area contributed by atoms with E-state index in [1.807, 2.05) is 0 Å². The molecule has 0 aromatic heterocycles. The zero-order valence-corrected chi connectivity index (χ0v) is 12.4. The van der Waals surface area contributed by atoms with E-state index in [0.717, 1.165) is 18.7 Å². The molecule has 2 atom stereocenters. The van der Waals surface area contributed by atoms with Gasteiger partial charge in [-0.1, -0.05) is 24.1 Å². The molecule has 0 radical (unpaired) electrons. The topological polar surface area (TPSA) is 12.5 Å². The first kappa shape index (κ1) is 13.0. The Bertz CT molecular complexity index is 468. The highest BCUT2D eigenvalue weighted by Gasteiger charge is 2.47. The summed E-state index contributed by atoms with van der Waals surface area (Å²) in [4.78, 5) is 2.31. The minimum atomic E-state index is 0.0820. The van der Waals surface area contributed by atoms with Gasteiger partial charge in [-0.15, -0.1) is 0 Å². The van der Waals surface area contributed by atoms with E-state index in [1.165, 1.54) is 36.8 Å². The zero-order chi connectivity index (χ0) is 13.5. The van der Waals surface area contributed by atoms with Crippen molar-refractivity contribution in [1.82, 2.24) is 4.90 Å². The van der Waals surface area contributed by atoms with Crippen LogP contribution in [0.15, 0.2) is 18.2 Å². The molecule has 1 spiro atoms. The Morgan fingerprint density at radius 2 is 2.16 bits per heavy atom. The number of benzene rings is 1. The van der Waals surface area contributed by atoms with E-state index >= 15 is 0 Å². The minimum Gasteiger partial charge on any atom is -0.486 e. The molecule has 0 N–H and O–H groups in total. The molecule has 2 nitrogen and oxygen atoms in total. The van der Waals surface area contributed by atoms with Crippen molar-refractivity contribution in [2.24, 2.45) is 5.92 Å². The van der Waals surface area contributed by atoms with Crippen LogP contribution in [0.3, 0.4) is 0 Å². The SMILES string of the molecule is Cc1ccc2c(c1)C[C@]1(CCCC[C@@H]1CN(C)C)O2. The molecule has 0 saturated heterocycles. The molecule has 1 aromatic carbocycles. The first-order valence-corrected chi connectivity index (χ1v) is 7.52. The second kappa shape index (κ2) is 4.82. The van der Waals surface area contributed by atoms with E-state index in [0.29, 0.717) is 5.92 Å². The largest absolute Gasteiger partial charge is 0.486 e. The lowest BCUT2D eigenvalue weighted by Crippen LogP contribution is -2.48. The summed E-state index contributed by atoms with van der Waals surface area (Å²) in [6.45, 7) is 3.32. The van der Waals surface area contributed by atoms with Crippen LogP contribution in [0.1, 0.15) is 36.8 Å². The van der Waals surface area contributed by atoms with E-state index in [2.05, 4.69) is 44.1 Å². The van der Waals surface area contributed by atoms with Crippen LogP contribution in [0.25, 0.3) is 0 Å². The summed E-state index contributed by atoms with van der Waals surface area (Å²) in [5, 5.41) is 0. The number of rotatable bonds is 2. The summed E-state index contributed by atoms with van der Waals surface area (Å²) >= 11 is 0. The van der Waals surface area contributed by atoms with Crippen LogP contribution in [0.4, 0.5) is 0 Å². The Kier molecular flexibility index (Phi) is 3.30. The third-order valence-electron chi connectivity index (χ3n) is 4.75. The van der Waals surface area contributed by atoms with Gasteiger partial charge in [-0.2, -0.15) is 0 Å². The van der Waals surface area contributed by atoms with Crippen molar-refractivity contribution in [2.45, 2.75) is 44.6 Å². The fourth-order valence-electron chi connectivity index (χ4n) is 3.87. The molecule has 19 heavy (non-hydrogen) atoms.